The molecule has 0 unspecified atom stereocenters. The highest BCUT2D eigenvalue weighted by atomic mass is 16.5. The molecule has 32 heavy (non-hydrogen) atoms. The second-order valence-electron chi connectivity index (χ2n) is 9.07. The molecular formula is C25H30N4O3. The van der Waals surface area contributed by atoms with Crippen LogP contribution >= 0.6 is 0 Å². The zero-order chi connectivity index (χ0) is 22.4. The van der Waals surface area contributed by atoms with Gasteiger partial charge in [-0.2, -0.15) is 5.10 Å². The van der Waals surface area contributed by atoms with Crippen LogP contribution < -0.4 is 9.47 Å². The maximum absolute atomic E-state index is 13.9. The average Bonchev–Trinajstić information content (AvgIpc) is 3.29. The topological polar surface area (TPSA) is 69.5 Å². The average molecular weight is 435 g/mol. The number of hydrogen-bond donors (Lipinski definition) is 0. The first-order valence-electron chi connectivity index (χ1n) is 11.5. The van der Waals surface area contributed by atoms with Crippen molar-refractivity contribution in [1.29, 1.82) is 0 Å². The maximum atomic E-state index is 13.9. The molecule has 3 aromatic rings. The maximum Gasteiger partial charge on any atom is 0.255 e. The fraction of sp³-hybridized carbons (Fsp3) is 0.480. The van der Waals surface area contributed by atoms with Gasteiger partial charge in [0.05, 0.1) is 35.9 Å². The highest BCUT2D eigenvalue weighted by Crippen LogP contribution is 2.39. The molecule has 0 radical (unpaired) electrons. The molecule has 7 heteroatoms. The van der Waals surface area contributed by atoms with E-state index in [1.165, 1.54) is 0 Å². The Bertz CT molecular complexity index is 1180. The molecule has 2 aromatic heterocycles. The van der Waals surface area contributed by atoms with Gasteiger partial charge in [0, 0.05) is 25.7 Å². The normalized spacial score (nSPS) is 18.4. The summed E-state index contributed by atoms with van der Waals surface area (Å²) in [5.41, 5.74) is 4.31. The van der Waals surface area contributed by atoms with Crippen molar-refractivity contribution in [2.75, 3.05) is 19.8 Å². The molecule has 1 fully saturated rings. The van der Waals surface area contributed by atoms with E-state index in [4.69, 9.17) is 14.5 Å². The van der Waals surface area contributed by atoms with Crippen LogP contribution in [-0.2, 0) is 7.05 Å². The third kappa shape index (κ3) is 3.49. The molecule has 7 nitrogen and oxygen atoms in total. The first-order valence-corrected chi connectivity index (χ1v) is 11.5. The third-order valence-electron chi connectivity index (χ3n) is 6.48. The summed E-state index contributed by atoms with van der Waals surface area (Å²) in [6.07, 6.45) is 2.78. The first-order chi connectivity index (χ1) is 15.4. The lowest BCUT2D eigenvalue weighted by Gasteiger charge is -2.26. The van der Waals surface area contributed by atoms with Crippen molar-refractivity contribution in [3.05, 3.63) is 46.8 Å². The predicted octanol–water partition coefficient (Wildman–Crippen LogP) is 4.54. The van der Waals surface area contributed by atoms with E-state index in [2.05, 4.69) is 25.0 Å². The monoisotopic (exact) mass is 434 g/mol. The first kappa shape index (κ1) is 20.8. The molecule has 168 valence electrons. The van der Waals surface area contributed by atoms with Crippen LogP contribution in [0.2, 0.25) is 0 Å². The minimum Gasteiger partial charge on any atom is -0.490 e. The number of aryl methyl sites for hydroxylation is 2. The van der Waals surface area contributed by atoms with E-state index >= 15 is 0 Å². The Balaban J connectivity index is 1.54. The van der Waals surface area contributed by atoms with Crippen LogP contribution in [0.3, 0.4) is 0 Å². The summed E-state index contributed by atoms with van der Waals surface area (Å²) in [6.45, 7) is 8.20. The summed E-state index contributed by atoms with van der Waals surface area (Å²) in [4.78, 5) is 20.7. The molecule has 5 rings (SSSR count). The third-order valence-corrected chi connectivity index (χ3v) is 6.48. The molecule has 1 atom stereocenters. The highest BCUT2D eigenvalue weighted by Gasteiger charge is 2.33. The molecule has 0 aliphatic carbocycles. The summed E-state index contributed by atoms with van der Waals surface area (Å²) in [6, 6.07) is 8.08. The quantitative estimate of drug-likeness (QED) is 0.605. The Morgan fingerprint density at radius 3 is 2.69 bits per heavy atom. The van der Waals surface area contributed by atoms with Crippen LogP contribution in [0.15, 0.2) is 24.3 Å². The number of benzene rings is 1. The Kier molecular flexibility index (Phi) is 5.27. The van der Waals surface area contributed by atoms with Crippen molar-refractivity contribution >= 4 is 16.9 Å². The summed E-state index contributed by atoms with van der Waals surface area (Å²) in [5.74, 6) is 1.82. The second kappa shape index (κ2) is 8.11. The van der Waals surface area contributed by atoms with Crippen molar-refractivity contribution in [3.8, 4) is 11.5 Å². The van der Waals surface area contributed by atoms with E-state index in [0.717, 1.165) is 65.3 Å². The van der Waals surface area contributed by atoms with Gasteiger partial charge in [-0.15, -0.1) is 0 Å². The Labute approximate surface area is 188 Å². The van der Waals surface area contributed by atoms with Crippen molar-refractivity contribution < 1.29 is 14.3 Å². The molecule has 1 aromatic carbocycles. The van der Waals surface area contributed by atoms with Gasteiger partial charge in [0.25, 0.3) is 5.91 Å². The van der Waals surface area contributed by atoms with Gasteiger partial charge in [-0.1, -0.05) is 19.9 Å². The molecule has 0 spiro atoms. The van der Waals surface area contributed by atoms with E-state index in [0.29, 0.717) is 18.8 Å². The SMILES string of the molecule is Cc1nn(C)c2nc(C(C)C)cc(C(=O)N3CCC[C@H]3c3ccc4c(c3)OCCCO4)c12. The van der Waals surface area contributed by atoms with Gasteiger partial charge in [0.2, 0.25) is 0 Å². The van der Waals surface area contributed by atoms with Crippen LogP contribution in [0.5, 0.6) is 11.5 Å². The molecular weight excluding hydrogens is 404 g/mol. The van der Waals surface area contributed by atoms with Crippen molar-refractivity contribution in [2.45, 2.75) is 52.0 Å². The van der Waals surface area contributed by atoms with Crippen LogP contribution in [0.4, 0.5) is 0 Å². The number of likely N-dealkylation sites (tertiary alicyclic amines) is 1. The smallest absolute Gasteiger partial charge is 0.255 e. The zero-order valence-electron chi connectivity index (χ0n) is 19.2. The lowest BCUT2D eigenvalue weighted by molar-refractivity contribution is 0.0737. The van der Waals surface area contributed by atoms with E-state index in [-0.39, 0.29) is 17.9 Å². The number of nitrogens with zero attached hydrogens (tertiary/aromatic N) is 4. The van der Waals surface area contributed by atoms with Gasteiger partial charge in [-0.3, -0.25) is 9.48 Å². The molecule has 0 bridgehead atoms. The number of hydrogen-bond acceptors (Lipinski definition) is 5. The number of ether oxygens (including phenoxy) is 2. The van der Waals surface area contributed by atoms with Gasteiger partial charge in [-0.25, -0.2) is 4.98 Å². The zero-order valence-corrected chi connectivity index (χ0v) is 19.2. The fourth-order valence-electron chi connectivity index (χ4n) is 4.83. The standard InChI is InChI=1S/C25H30N4O3/c1-15(2)19-14-18(23-16(3)27-28(4)24(23)26-19)25(30)29-10-5-7-20(29)17-8-9-21-22(13-17)32-12-6-11-31-21/h8-9,13-15,20H,5-7,10-12H2,1-4H3/t20-/m0/s1. The van der Waals surface area contributed by atoms with E-state index in [1.54, 1.807) is 4.68 Å². The highest BCUT2D eigenvalue weighted by molar-refractivity contribution is 6.06. The largest absolute Gasteiger partial charge is 0.490 e. The second-order valence-corrected chi connectivity index (χ2v) is 9.07. The molecule has 0 saturated carbocycles. The Morgan fingerprint density at radius 2 is 1.91 bits per heavy atom. The van der Waals surface area contributed by atoms with Gasteiger partial charge in [0.1, 0.15) is 0 Å². The number of carbonyl (C=O) groups excluding carboxylic acids is 1. The lowest BCUT2D eigenvalue weighted by Crippen LogP contribution is -2.31. The number of aromatic nitrogens is 3. The van der Waals surface area contributed by atoms with E-state index in [1.807, 2.05) is 37.1 Å². The molecule has 0 N–H and O–H groups in total. The van der Waals surface area contributed by atoms with Crippen molar-refractivity contribution in [3.63, 3.8) is 0 Å². The molecule has 2 aliphatic heterocycles. The number of rotatable bonds is 3. The molecule has 4 heterocycles. The summed E-state index contributed by atoms with van der Waals surface area (Å²) in [5, 5.41) is 5.40. The van der Waals surface area contributed by atoms with Crippen LogP contribution in [0.1, 0.15) is 72.4 Å². The Hall–Kier alpha value is -3.09. The summed E-state index contributed by atoms with van der Waals surface area (Å²) in [7, 11) is 1.89. The van der Waals surface area contributed by atoms with Gasteiger partial charge < -0.3 is 14.4 Å². The van der Waals surface area contributed by atoms with Crippen LogP contribution in [-0.4, -0.2) is 45.3 Å². The number of fused-ring (bicyclic) bond motifs is 2. The number of pyridine rings is 1. The van der Waals surface area contributed by atoms with Gasteiger partial charge in [0.15, 0.2) is 17.1 Å². The fourth-order valence-corrected chi connectivity index (χ4v) is 4.83. The van der Waals surface area contributed by atoms with E-state index < -0.39 is 0 Å². The van der Waals surface area contributed by atoms with Crippen molar-refractivity contribution in [2.24, 2.45) is 7.05 Å². The van der Waals surface area contributed by atoms with Crippen molar-refractivity contribution in [1.82, 2.24) is 19.7 Å². The number of carbonyl (C=O) groups is 1. The van der Waals surface area contributed by atoms with Crippen LogP contribution in [0, 0.1) is 6.92 Å². The lowest BCUT2D eigenvalue weighted by atomic mass is 10.0. The van der Waals surface area contributed by atoms with Gasteiger partial charge in [-0.05, 0) is 49.4 Å². The Morgan fingerprint density at radius 1 is 1.12 bits per heavy atom. The predicted molar refractivity (Wildman–Crippen MR) is 122 cm³/mol. The molecule has 1 amide bonds. The number of amides is 1. The summed E-state index contributed by atoms with van der Waals surface area (Å²) >= 11 is 0. The molecule has 2 aliphatic rings. The molecule has 1 saturated heterocycles. The van der Waals surface area contributed by atoms with Crippen LogP contribution in [0.25, 0.3) is 11.0 Å². The minimum atomic E-state index is 0.0161. The summed E-state index contributed by atoms with van der Waals surface area (Å²) < 4.78 is 13.5. The van der Waals surface area contributed by atoms with E-state index in [9.17, 15) is 4.79 Å². The van der Waals surface area contributed by atoms with Gasteiger partial charge >= 0.3 is 0 Å². The minimum absolute atomic E-state index is 0.0161.